The van der Waals surface area contributed by atoms with Crippen molar-refractivity contribution < 1.29 is 9.32 Å². The monoisotopic (exact) mass is 335 g/mol. The minimum absolute atomic E-state index is 0.0695. The highest BCUT2D eigenvalue weighted by Crippen LogP contribution is 2.20. The van der Waals surface area contributed by atoms with Gasteiger partial charge in [0.15, 0.2) is 0 Å². The zero-order valence-corrected chi connectivity index (χ0v) is 14.5. The van der Waals surface area contributed by atoms with Gasteiger partial charge in [0.25, 0.3) is 0 Å². The molecular weight excluding hydrogens is 314 g/mol. The number of nitrogens with one attached hydrogen (secondary N) is 1. The first kappa shape index (κ1) is 16.9. The standard InChI is InChI=1S/C20H21N3O2/c1-3-15-8-10-16(11-9-15)21-18(24)12-13-19-22-20(23-25-19)17-7-5-4-6-14(17)2/h4-11H,3,12-13H2,1-2H3,(H,21,24). The van der Waals surface area contributed by atoms with Crippen LogP contribution in [0.15, 0.2) is 53.1 Å². The fourth-order valence-electron chi connectivity index (χ4n) is 2.56. The van der Waals surface area contributed by atoms with Crippen molar-refractivity contribution in [2.45, 2.75) is 33.1 Å². The van der Waals surface area contributed by atoms with E-state index in [0.717, 1.165) is 23.2 Å². The highest BCUT2D eigenvalue weighted by Gasteiger charge is 2.12. The van der Waals surface area contributed by atoms with Crippen LogP contribution in [0.3, 0.4) is 0 Å². The Balaban J connectivity index is 1.56. The van der Waals surface area contributed by atoms with Crippen LogP contribution in [0.5, 0.6) is 0 Å². The van der Waals surface area contributed by atoms with Gasteiger partial charge in [-0.05, 0) is 36.6 Å². The Morgan fingerprint density at radius 3 is 2.60 bits per heavy atom. The van der Waals surface area contributed by atoms with E-state index in [4.69, 9.17) is 4.52 Å². The summed E-state index contributed by atoms with van der Waals surface area (Å²) in [4.78, 5) is 16.5. The van der Waals surface area contributed by atoms with Crippen LogP contribution in [0.25, 0.3) is 11.4 Å². The fourth-order valence-corrected chi connectivity index (χ4v) is 2.56. The Bertz CT molecular complexity index is 853. The van der Waals surface area contributed by atoms with Gasteiger partial charge in [-0.15, -0.1) is 0 Å². The van der Waals surface area contributed by atoms with Crippen molar-refractivity contribution in [2.24, 2.45) is 0 Å². The van der Waals surface area contributed by atoms with Crippen molar-refractivity contribution in [3.63, 3.8) is 0 Å². The smallest absolute Gasteiger partial charge is 0.227 e. The Hall–Kier alpha value is -2.95. The molecule has 3 aromatic rings. The number of aromatic nitrogens is 2. The van der Waals surface area contributed by atoms with E-state index in [2.05, 4.69) is 22.4 Å². The molecule has 2 aromatic carbocycles. The number of carbonyl (C=O) groups is 1. The second kappa shape index (κ2) is 7.75. The number of aryl methyl sites for hydroxylation is 3. The zero-order chi connectivity index (χ0) is 17.6. The summed E-state index contributed by atoms with van der Waals surface area (Å²) in [6.45, 7) is 4.10. The van der Waals surface area contributed by atoms with Crippen LogP contribution in [0.2, 0.25) is 0 Å². The van der Waals surface area contributed by atoms with Gasteiger partial charge in [-0.3, -0.25) is 4.79 Å². The predicted octanol–water partition coefficient (Wildman–Crippen LogP) is 4.18. The maximum Gasteiger partial charge on any atom is 0.227 e. The van der Waals surface area contributed by atoms with E-state index >= 15 is 0 Å². The summed E-state index contributed by atoms with van der Waals surface area (Å²) < 4.78 is 5.26. The van der Waals surface area contributed by atoms with Crippen molar-refractivity contribution in [1.29, 1.82) is 0 Å². The average molecular weight is 335 g/mol. The van der Waals surface area contributed by atoms with Gasteiger partial charge in [0.05, 0.1) is 0 Å². The second-order valence-electron chi connectivity index (χ2n) is 5.93. The Morgan fingerprint density at radius 2 is 1.88 bits per heavy atom. The van der Waals surface area contributed by atoms with E-state index in [1.165, 1.54) is 5.56 Å². The van der Waals surface area contributed by atoms with Gasteiger partial charge in [0, 0.05) is 24.1 Å². The summed E-state index contributed by atoms with van der Waals surface area (Å²) in [5.41, 5.74) is 4.07. The number of anilines is 1. The van der Waals surface area contributed by atoms with E-state index in [1.807, 2.05) is 55.5 Å². The molecule has 0 atom stereocenters. The lowest BCUT2D eigenvalue weighted by atomic mass is 10.1. The molecule has 0 aliphatic carbocycles. The van der Waals surface area contributed by atoms with Crippen LogP contribution in [0, 0.1) is 6.92 Å². The lowest BCUT2D eigenvalue weighted by Crippen LogP contribution is -2.12. The summed E-state index contributed by atoms with van der Waals surface area (Å²) in [5.74, 6) is 0.957. The third-order valence-electron chi connectivity index (χ3n) is 4.07. The molecule has 0 unspecified atom stereocenters. The summed E-state index contributed by atoms with van der Waals surface area (Å²) in [5, 5.41) is 6.89. The molecule has 5 nitrogen and oxygen atoms in total. The van der Waals surface area contributed by atoms with Gasteiger partial charge in [0.2, 0.25) is 17.6 Å². The van der Waals surface area contributed by atoms with Crippen LogP contribution in [-0.2, 0) is 17.6 Å². The molecule has 1 aromatic heterocycles. The van der Waals surface area contributed by atoms with Crippen molar-refractivity contribution in [2.75, 3.05) is 5.32 Å². The maximum atomic E-state index is 12.1. The molecule has 0 aliphatic heterocycles. The number of benzene rings is 2. The van der Waals surface area contributed by atoms with Crippen LogP contribution < -0.4 is 5.32 Å². The first-order valence-corrected chi connectivity index (χ1v) is 8.43. The Kier molecular flexibility index (Phi) is 5.23. The minimum Gasteiger partial charge on any atom is -0.339 e. The molecule has 0 fully saturated rings. The first-order valence-electron chi connectivity index (χ1n) is 8.43. The Labute approximate surface area is 147 Å². The lowest BCUT2D eigenvalue weighted by Gasteiger charge is -2.05. The van der Waals surface area contributed by atoms with Crippen molar-refractivity contribution in [3.8, 4) is 11.4 Å². The fraction of sp³-hybridized carbons (Fsp3) is 0.250. The molecule has 3 rings (SSSR count). The van der Waals surface area contributed by atoms with Crippen LogP contribution in [0.4, 0.5) is 5.69 Å². The topological polar surface area (TPSA) is 68.0 Å². The summed E-state index contributed by atoms with van der Waals surface area (Å²) >= 11 is 0. The first-order chi connectivity index (χ1) is 12.2. The van der Waals surface area contributed by atoms with Gasteiger partial charge in [-0.25, -0.2) is 0 Å². The highest BCUT2D eigenvalue weighted by atomic mass is 16.5. The van der Waals surface area contributed by atoms with Crippen LogP contribution in [-0.4, -0.2) is 16.0 Å². The summed E-state index contributed by atoms with van der Waals surface area (Å²) in [6, 6.07) is 15.7. The number of hydrogen-bond donors (Lipinski definition) is 1. The third kappa shape index (κ3) is 4.32. The van der Waals surface area contributed by atoms with Crippen LogP contribution >= 0.6 is 0 Å². The van der Waals surface area contributed by atoms with E-state index in [9.17, 15) is 4.79 Å². The summed E-state index contributed by atoms with van der Waals surface area (Å²) in [7, 11) is 0. The van der Waals surface area contributed by atoms with Crippen molar-refractivity contribution in [3.05, 3.63) is 65.5 Å². The second-order valence-corrected chi connectivity index (χ2v) is 5.93. The van der Waals surface area contributed by atoms with Gasteiger partial charge in [-0.1, -0.05) is 48.5 Å². The minimum atomic E-state index is -0.0695. The van der Waals surface area contributed by atoms with Crippen LogP contribution in [0.1, 0.15) is 30.4 Å². The van der Waals surface area contributed by atoms with E-state index in [-0.39, 0.29) is 5.91 Å². The molecule has 5 heteroatoms. The largest absolute Gasteiger partial charge is 0.339 e. The third-order valence-corrected chi connectivity index (χ3v) is 4.07. The van der Waals surface area contributed by atoms with Gasteiger partial charge >= 0.3 is 0 Å². The number of hydrogen-bond acceptors (Lipinski definition) is 4. The quantitative estimate of drug-likeness (QED) is 0.734. The van der Waals surface area contributed by atoms with E-state index < -0.39 is 0 Å². The van der Waals surface area contributed by atoms with Gasteiger partial charge < -0.3 is 9.84 Å². The predicted molar refractivity (Wildman–Crippen MR) is 97.2 cm³/mol. The van der Waals surface area contributed by atoms with E-state index in [0.29, 0.717) is 24.6 Å². The summed E-state index contributed by atoms with van der Waals surface area (Å²) in [6.07, 6.45) is 1.69. The zero-order valence-electron chi connectivity index (χ0n) is 14.5. The number of rotatable bonds is 6. The molecule has 0 aliphatic rings. The van der Waals surface area contributed by atoms with E-state index in [1.54, 1.807) is 0 Å². The Morgan fingerprint density at radius 1 is 1.12 bits per heavy atom. The molecule has 25 heavy (non-hydrogen) atoms. The SMILES string of the molecule is CCc1ccc(NC(=O)CCc2nc(-c3ccccc3C)no2)cc1. The normalized spacial score (nSPS) is 10.6. The van der Waals surface area contributed by atoms with Crippen molar-refractivity contribution in [1.82, 2.24) is 10.1 Å². The number of carbonyl (C=O) groups excluding carboxylic acids is 1. The van der Waals surface area contributed by atoms with Crippen molar-refractivity contribution >= 4 is 11.6 Å². The molecule has 128 valence electrons. The lowest BCUT2D eigenvalue weighted by molar-refractivity contribution is -0.116. The van der Waals surface area contributed by atoms with Gasteiger partial charge in [-0.2, -0.15) is 4.98 Å². The molecule has 1 amide bonds. The maximum absolute atomic E-state index is 12.1. The molecule has 1 heterocycles. The molecule has 0 saturated heterocycles. The molecule has 0 bridgehead atoms. The average Bonchev–Trinajstić information content (AvgIpc) is 3.10. The molecular formula is C20H21N3O2. The van der Waals surface area contributed by atoms with Gasteiger partial charge in [0.1, 0.15) is 0 Å². The number of nitrogens with zero attached hydrogens (tertiary/aromatic N) is 2. The highest BCUT2D eigenvalue weighted by molar-refractivity contribution is 5.90. The molecule has 0 radical (unpaired) electrons. The molecule has 0 spiro atoms. The molecule has 0 saturated carbocycles. The molecule has 1 N–H and O–H groups in total. The number of amides is 1.